The molecule has 1 aliphatic heterocycles. The molecular formula is C29H33F3N6O9S. The number of halogens is 3. The van der Waals surface area contributed by atoms with Gasteiger partial charge in [-0.25, -0.2) is 27.4 Å². The van der Waals surface area contributed by atoms with Crippen molar-refractivity contribution in [3.8, 4) is 16.9 Å². The lowest BCUT2D eigenvalue weighted by Gasteiger charge is -2.34. The summed E-state index contributed by atoms with van der Waals surface area (Å²) in [6, 6.07) is 11.6. The molecular weight excluding hydrogens is 665 g/mol. The third-order valence-corrected chi connectivity index (χ3v) is 7.94. The van der Waals surface area contributed by atoms with E-state index < -0.39 is 52.1 Å². The SMILES string of the molecule is Cc1ccc(-c2cc(C(F)(F)F)nn2-c2ccc(S(=O)(=O)NC(=O)OC[C@@H]3CCN3/[N+]([O-])=N/OC(C)OC(=O)OC(C)(C)C)cc2)cc1. The lowest BCUT2D eigenvalue weighted by molar-refractivity contribution is -0.734. The fraction of sp³-hybridized carbons (Fsp3) is 0.414. The number of sulfonamides is 1. The van der Waals surface area contributed by atoms with Crippen LogP contribution in [0.15, 0.2) is 64.8 Å². The summed E-state index contributed by atoms with van der Waals surface area (Å²) in [5.74, 6) is 0. The Balaban J connectivity index is 1.34. The van der Waals surface area contributed by atoms with Gasteiger partial charge in [0.1, 0.15) is 18.2 Å². The van der Waals surface area contributed by atoms with E-state index in [1.807, 2.05) is 6.92 Å². The van der Waals surface area contributed by atoms with Gasteiger partial charge in [-0.2, -0.15) is 18.3 Å². The number of carbonyl (C=O) groups excluding carboxylic acids is 2. The van der Waals surface area contributed by atoms with Crippen molar-refractivity contribution < 1.29 is 55.2 Å². The average molecular weight is 699 g/mol. The third kappa shape index (κ3) is 9.26. The maximum absolute atomic E-state index is 13.5. The van der Waals surface area contributed by atoms with Crippen molar-refractivity contribution in [2.24, 2.45) is 5.28 Å². The van der Waals surface area contributed by atoms with Crippen molar-refractivity contribution in [1.29, 1.82) is 0 Å². The summed E-state index contributed by atoms with van der Waals surface area (Å²) in [5.41, 5.74) is -0.317. The maximum atomic E-state index is 13.5. The van der Waals surface area contributed by atoms with Gasteiger partial charge in [0.25, 0.3) is 16.3 Å². The number of aryl methyl sites for hydroxylation is 1. The molecule has 260 valence electrons. The van der Waals surface area contributed by atoms with Crippen LogP contribution in [0, 0.1) is 12.1 Å². The Kier molecular flexibility index (Phi) is 10.4. The molecule has 1 unspecified atom stereocenters. The second kappa shape index (κ2) is 14.0. The number of aromatic nitrogens is 2. The summed E-state index contributed by atoms with van der Waals surface area (Å²) in [4.78, 5) is 28.5. The van der Waals surface area contributed by atoms with Crippen LogP contribution in [0.5, 0.6) is 0 Å². The number of carbonyl (C=O) groups is 2. The summed E-state index contributed by atoms with van der Waals surface area (Å²) in [5, 5.41) is 20.4. The van der Waals surface area contributed by atoms with Crippen molar-refractivity contribution >= 4 is 22.3 Å². The van der Waals surface area contributed by atoms with E-state index in [1.165, 1.54) is 19.1 Å². The predicted octanol–water partition coefficient (Wildman–Crippen LogP) is 5.46. The van der Waals surface area contributed by atoms with Gasteiger partial charge >= 0.3 is 18.4 Å². The summed E-state index contributed by atoms with van der Waals surface area (Å²) >= 11 is 0. The smallest absolute Gasteiger partial charge is 0.511 e. The van der Waals surface area contributed by atoms with E-state index >= 15 is 0 Å². The number of hydrogen-bond acceptors (Lipinski definition) is 11. The second-order valence-corrected chi connectivity index (χ2v) is 13.3. The molecule has 0 bridgehead atoms. The van der Waals surface area contributed by atoms with E-state index in [4.69, 9.17) is 19.0 Å². The quantitative estimate of drug-likeness (QED) is 0.0935. The number of alkyl halides is 3. The van der Waals surface area contributed by atoms with Crippen LogP contribution in [0.2, 0.25) is 0 Å². The molecule has 1 fully saturated rings. The van der Waals surface area contributed by atoms with Crippen LogP contribution in [-0.2, 0) is 35.2 Å². The molecule has 4 rings (SSSR count). The highest BCUT2D eigenvalue weighted by molar-refractivity contribution is 7.90. The summed E-state index contributed by atoms with van der Waals surface area (Å²) in [6.07, 6.45) is -7.95. The van der Waals surface area contributed by atoms with E-state index in [1.54, 1.807) is 49.8 Å². The highest BCUT2D eigenvalue weighted by Crippen LogP contribution is 2.33. The van der Waals surface area contributed by atoms with Crippen molar-refractivity contribution in [2.75, 3.05) is 13.2 Å². The Hall–Kier alpha value is -5.07. The van der Waals surface area contributed by atoms with E-state index in [0.29, 0.717) is 12.0 Å². The van der Waals surface area contributed by atoms with Gasteiger partial charge in [0.15, 0.2) is 5.69 Å². The topological polar surface area (TPSA) is 177 Å². The van der Waals surface area contributed by atoms with Crippen LogP contribution in [0.25, 0.3) is 16.9 Å². The van der Waals surface area contributed by atoms with Crippen LogP contribution in [0.4, 0.5) is 22.8 Å². The first-order valence-corrected chi connectivity index (χ1v) is 15.9. The molecule has 3 aromatic rings. The minimum absolute atomic E-state index is 0.0736. The summed E-state index contributed by atoms with van der Waals surface area (Å²) in [6.45, 7) is 7.86. The molecule has 15 nitrogen and oxygen atoms in total. The fourth-order valence-corrected chi connectivity index (χ4v) is 5.08. The van der Waals surface area contributed by atoms with Crippen LogP contribution in [-0.4, -0.2) is 71.5 Å². The van der Waals surface area contributed by atoms with E-state index in [9.17, 15) is 36.4 Å². The number of ether oxygens (including phenoxy) is 3. The molecule has 1 amide bonds. The highest BCUT2D eigenvalue weighted by Gasteiger charge is 2.37. The molecule has 19 heteroatoms. The first kappa shape index (κ1) is 35.8. The van der Waals surface area contributed by atoms with Gasteiger partial charge in [-0.05, 0) is 64.4 Å². The Labute approximate surface area is 273 Å². The molecule has 2 aromatic carbocycles. The molecule has 1 aliphatic rings. The first-order valence-electron chi connectivity index (χ1n) is 14.4. The summed E-state index contributed by atoms with van der Waals surface area (Å²) < 4.78 is 83.7. The molecule has 1 saturated heterocycles. The van der Waals surface area contributed by atoms with E-state index in [0.717, 1.165) is 33.5 Å². The lowest BCUT2D eigenvalue weighted by atomic mass is 10.1. The zero-order valence-corrected chi connectivity index (χ0v) is 27.2. The minimum atomic E-state index is -4.72. The second-order valence-electron chi connectivity index (χ2n) is 11.6. The molecule has 1 N–H and O–H groups in total. The first-order chi connectivity index (χ1) is 22.3. The molecule has 1 aromatic heterocycles. The number of benzene rings is 2. The average Bonchev–Trinajstić information content (AvgIpc) is 3.41. The van der Waals surface area contributed by atoms with Crippen LogP contribution in [0.1, 0.15) is 45.4 Å². The number of amides is 1. The number of nitrogens with one attached hydrogen (secondary N) is 1. The largest absolute Gasteiger partial charge is 0.569 e. The molecule has 0 aliphatic carbocycles. The lowest BCUT2D eigenvalue weighted by Crippen LogP contribution is -2.54. The predicted molar refractivity (Wildman–Crippen MR) is 159 cm³/mol. The van der Waals surface area contributed by atoms with Crippen molar-refractivity contribution in [3.05, 3.63) is 71.1 Å². The molecule has 0 saturated carbocycles. The molecule has 0 spiro atoms. The summed E-state index contributed by atoms with van der Waals surface area (Å²) in [7, 11) is -4.46. The van der Waals surface area contributed by atoms with Crippen LogP contribution in [0.3, 0.4) is 0 Å². The van der Waals surface area contributed by atoms with Crippen LogP contribution >= 0.6 is 0 Å². The van der Waals surface area contributed by atoms with Gasteiger partial charge in [0, 0.05) is 12.5 Å². The number of rotatable bonds is 10. The van der Waals surface area contributed by atoms with Gasteiger partial charge in [0.2, 0.25) is 5.28 Å². The van der Waals surface area contributed by atoms with Gasteiger partial charge < -0.3 is 19.4 Å². The van der Waals surface area contributed by atoms with Gasteiger partial charge in [0.05, 0.1) is 27.8 Å². The van der Waals surface area contributed by atoms with Crippen molar-refractivity contribution in [3.63, 3.8) is 0 Å². The number of hydrazine groups is 1. The Morgan fingerprint density at radius 2 is 1.77 bits per heavy atom. The Morgan fingerprint density at radius 1 is 1.12 bits per heavy atom. The van der Waals surface area contributed by atoms with E-state index in [-0.39, 0.29) is 34.4 Å². The van der Waals surface area contributed by atoms with Gasteiger partial charge in [-0.1, -0.05) is 29.8 Å². The molecule has 2 heterocycles. The number of hydrogen-bond donors (Lipinski definition) is 1. The fourth-order valence-electron chi connectivity index (χ4n) is 4.19. The van der Waals surface area contributed by atoms with Gasteiger partial charge in [-0.15, -0.1) is 5.01 Å². The standard InChI is InChI=1S/C29H33F3N6O9S/c1-18-6-8-20(9-7-18)24-16-25(29(30,31)32)33-37(24)21-10-12-23(13-11-21)48(42,43)34-26(39)44-17-22-14-15-36(22)38(41)35-47-19(2)45-27(40)46-28(3,4)5/h6-13,16,19,22H,14-15,17H2,1-5H3,(H,34,39)/b38-35-/t19?,22-/m0/s1. The molecule has 48 heavy (non-hydrogen) atoms. The maximum Gasteiger partial charge on any atom is 0.511 e. The molecule has 0 radical (unpaired) electrons. The Morgan fingerprint density at radius 3 is 2.33 bits per heavy atom. The third-order valence-electron chi connectivity index (χ3n) is 6.61. The van der Waals surface area contributed by atoms with Crippen molar-refractivity contribution in [2.45, 2.75) is 70.0 Å². The minimum Gasteiger partial charge on any atom is -0.569 e. The van der Waals surface area contributed by atoms with Gasteiger partial charge in [-0.3, -0.25) is 4.84 Å². The molecule has 2 atom stereocenters. The van der Waals surface area contributed by atoms with E-state index in [2.05, 4.69) is 10.4 Å². The monoisotopic (exact) mass is 698 g/mol. The zero-order valence-electron chi connectivity index (χ0n) is 26.4. The zero-order chi connectivity index (χ0) is 35.4. The van der Waals surface area contributed by atoms with Crippen molar-refractivity contribution in [1.82, 2.24) is 19.5 Å². The number of nitrogens with zero attached hydrogens (tertiary/aromatic N) is 5. The highest BCUT2D eigenvalue weighted by atomic mass is 32.2. The van der Waals surface area contributed by atoms with Crippen LogP contribution < -0.4 is 4.72 Å². The normalized spacial score (nSPS) is 16.0. The Bertz CT molecular complexity index is 1760.